The molecule has 0 amide bonds. The van der Waals surface area contributed by atoms with Gasteiger partial charge in [-0.05, 0) is 67.8 Å². The number of carbonyl (C=O) groups is 2. The lowest BCUT2D eigenvalue weighted by Gasteiger charge is -2.69. The Labute approximate surface area is 246 Å². The first-order chi connectivity index (χ1) is 20.0. The van der Waals surface area contributed by atoms with Crippen molar-refractivity contribution >= 4 is 11.9 Å². The molecule has 0 aliphatic heterocycles. The molecule has 230 valence electrons. The fraction of sp³-hybridized carbons (Fsp3) is 0.677. The molecule has 4 bridgehead atoms. The van der Waals surface area contributed by atoms with Crippen LogP contribution in [0.5, 0.6) is 0 Å². The predicted octanol–water partition coefficient (Wildman–Crippen LogP) is 3.79. The van der Waals surface area contributed by atoms with E-state index < -0.39 is 11.9 Å². The number of hydrogen-bond donors (Lipinski definition) is 3. The smallest absolute Gasteiger partial charge is 0.355 e. The quantitative estimate of drug-likeness (QED) is 0.249. The van der Waals surface area contributed by atoms with Crippen LogP contribution >= 0.6 is 0 Å². The second-order valence-corrected chi connectivity index (χ2v) is 13.5. The highest BCUT2D eigenvalue weighted by Gasteiger charge is 2.66. The Hall–Kier alpha value is -2.86. The van der Waals surface area contributed by atoms with E-state index in [-0.39, 0.29) is 40.8 Å². The molecule has 2 atom stereocenters. The number of carboxylic acid groups (broad SMARTS) is 2. The second kappa shape index (κ2) is 12.0. The number of nitrogens with zero attached hydrogens (tertiary/aromatic N) is 3. The minimum Gasteiger partial charge on any atom is -0.480 e. The van der Waals surface area contributed by atoms with Crippen LogP contribution in [-0.4, -0.2) is 88.6 Å². The normalized spacial score (nSPS) is 29.7. The van der Waals surface area contributed by atoms with Crippen molar-refractivity contribution in [3.63, 3.8) is 0 Å². The number of ether oxygens (including phenoxy) is 3. The maximum Gasteiger partial charge on any atom is 0.355 e. The van der Waals surface area contributed by atoms with Crippen LogP contribution in [0.25, 0.3) is 11.1 Å². The molecule has 2 aromatic rings. The third kappa shape index (κ3) is 6.69. The maximum atomic E-state index is 11.8. The van der Waals surface area contributed by atoms with Crippen molar-refractivity contribution in [2.45, 2.75) is 71.4 Å². The van der Waals surface area contributed by atoms with Crippen LogP contribution in [-0.2, 0) is 25.5 Å². The molecule has 4 aliphatic carbocycles. The van der Waals surface area contributed by atoms with Crippen molar-refractivity contribution in [3.8, 4) is 11.1 Å². The van der Waals surface area contributed by atoms with Crippen molar-refractivity contribution in [1.82, 2.24) is 20.1 Å². The van der Waals surface area contributed by atoms with Gasteiger partial charge < -0.3 is 29.7 Å². The van der Waals surface area contributed by atoms with Gasteiger partial charge in [0, 0.05) is 42.7 Å². The zero-order valence-corrected chi connectivity index (χ0v) is 25.0. The average Bonchev–Trinajstić information content (AvgIpc) is 3.23. The molecule has 6 rings (SSSR count). The van der Waals surface area contributed by atoms with Crippen molar-refractivity contribution in [1.29, 1.82) is 0 Å². The lowest BCUT2D eigenvalue weighted by atomic mass is 9.39. The van der Waals surface area contributed by atoms with Gasteiger partial charge in [0.15, 0.2) is 5.69 Å². The Kier molecular flexibility index (Phi) is 8.76. The van der Waals surface area contributed by atoms with Gasteiger partial charge in [-0.1, -0.05) is 19.9 Å². The van der Waals surface area contributed by atoms with Gasteiger partial charge >= 0.3 is 11.9 Å². The summed E-state index contributed by atoms with van der Waals surface area (Å²) in [6, 6.07) is 3.57. The van der Waals surface area contributed by atoms with Crippen LogP contribution in [0, 0.1) is 23.2 Å². The molecule has 2 unspecified atom stereocenters. The molecule has 0 saturated heterocycles. The molecule has 4 aliphatic rings. The Balaban J connectivity index is 1.20. The number of pyridine rings is 1. The molecule has 2 heterocycles. The summed E-state index contributed by atoms with van der Waals surface area (Å²) < 4.78 is 19.3. The molecular weight excluding hydrogens is 540 g/mol. The molecule has 11 heteroatoms. The maximum absolute atomic E-state index is 11.8. The van der Waals surface area contributed by atoms with E-state index >= 15 is 0 Å². The topological polar surface area (TPSA) is 145 Å². The van der Waals surface area contributed by atoms with Crippen LogP contribution in [0.15, 0.2) is 24.5 Å². The molecule has 4 fully saturated rings. The fourth-order valence-corrected chi connectivity index (χ4v) is 9.12. The minimum atomic E-state index is -1.04. The SMILES string of the molecule is Cc1c(-c2cccnc2C(=O)O)cnn1CC12CC3(C)CC(C)(C1)CC(OCCNCCOCCOCC(=O)O)(C3)C2. The standard InChI is InChI=1S/C31H44N4O7/c1-22-24(23-5-4-6-33-26(23)27(38)39)13-34-35(22)21-30-16-28(2)15-29(3,17-30)19-31(18-28,20-30)42-10-8-32-7-9-40-11-12-41-14-25(36)37/h4-6,13,32H,7-12,14-21H2,1-3H3,(H,36,37)(H,38,39). The first kappa shape index (κ1) is 30.6. The highest BCUT2D eigenvalue weighted by molar-refractivity contribution is 5.94. The number of nitrogens with one attached hydrogen (secondary N) is 1. The summed E-state index contributed by atoms with van der Waals surface area (Å²) in [5, 5.41) is 26.4. The van der Waals surface area contributed by atoms with E-state index in [4.69, 9.17) is 24.4 Å². The van der Waals surface area contributed by atoms with E-state index in [1.54, 1.807) is 18.3 Å². The zero-order valence-electron chi connectivity index (χ0n) is 25.0. The van der Waals surface area contributed by atoms with E-state index in [2.05, 4.69) is 28.8 Å². The van der Waals surface area contributed by atoms with Crippen molar-refractivity contribution in [2.24, 2.45) is 16.2 Å². The van der Waals surface area contributed by atoms with Crippen molar-refractivity contribution < 1.29 is 34.0 Å². The summed E-state index contributed by atoms with van der Waals surface area (Å²) in [5.74, 6) is -2.02. The van der Waals surface area contributed by atoms with Crippen LogP contribution < -0.4 is 5.32 Å². The number of rotatable bonds is 16. The van der Waals surface area contributed by atoms with Crippen LogP contribution in [0.1, 0.15) is 68.6 Å². The highest BCUT2D eigenvalue weighted by Crippen LogP contribution is 2.72. The van der Waals surface area contributed by atoms with Gasteiger partial charge in [0.25, 0.3) is 0 Å². The van der Waals surface area contributed by atoms with Gasteiger partial charge in [0.2, 0.25) is 0 Å². The Bertz CT molecular complexity index is 1280. The average molecular weight is 585 g/mol. The van der Waals surface area contributed by atoms with E-state index in [0.717, 1.165) is 56.5 Å². The van der Waals surface area contributed by atoms with Crippen molar-refractivity contribution in [3.05, 3.63) is 35.9 Å². The molecular formula is C31H44N4O7. The van der Waals surface area contributed by atoms with Gasteiger partial charge in [-0.3, -0.25) is 4.68 Å². The highest BCUT2D eigenvalue weighted by atomic mass is 16.5. The minimum absolute atomic E-state index is 0.0484. The molecule has 0 spiro atoms. The Morgan fingerprint density at radius 2 is 1.67 bits per heavy atom. The Morgan fingerprint density at radius 1 is 0.952 bits per heavy atom. The summed E-state index contributed by atoms with van der Waals surface area (Å²) in [6.45, 7) is 10.6. The number of carboxylic acids is 2. The van der Waals surface area contributed by atoms with E-state index in [1.807, 2.05) is 6.92 Å². The number of hydrogen-bond acceptors (Lipinski definition) is 8. The monoisotopic (exact) mass is 584 g/mol. The summed E-state index contributed by atoms with van der Waals surface area (Å²) in [4.78, 5) is 26.4. The lowest BCUT2D eigenvalue weighted by molar-refractivity contribution is -0.247. The molecule has 4 saturated carbocycles. The number of aliphatic carboxylic acids is 1. The third-order valence-electron chi connectivity index (χ3n) is 9.25. The second-order valence-electron chi connectivity index (χ2n) is 13.5. The fourth-order valence-electron chi connectivity index (χ4n) is 9.12. The first-order valence-electron chi connectivity index (χ1n) is 14.9. The zero-order chi connectivity index (χ0) is 30.0. The molecule has 0 radical (unpaired) electrons. The van der Waals surface area contributed by atoms with Crippen LogP contribution in [0.2, 0.25) is 0 Å². The van der Waals surface area contributed by atoms with Crippen LogP contribution in [0.3, 0.4) is 0 Å². The van der Waals surface area contributed by atoms with E-state index in [0.29, 0.717) is 31.9 Å². The molecule has 42 heavy (non-hydrogen) atoms. The predicted molar refractivity (Wildman–Crippen MR) is 154 cm³/mol. The van der Waals surface area contributed by atoms with Gasteiger partial charge in [-0.2, -0.15) is 5.10 Å². The van der Waals surface area contributed by atoms with Gasteiger partial charge in [-0.25, -0.2) is 14.6 Å². The number of aromatic nitrogens is 3. The third-order valence-corrected chi connectivity index (χ3v) is 9.25. The largest absolute Gasteiger partial charge is 0.480 e. The summed E-state index contributed by atoms with van der Waals surface area (Å²) >= 11 is 0. The van der Waals surface area contributed by atoms with E-state index in [1.165, 1.54) is 12.6 Å². The molecule has 2 aromatic heterocycles. The lowest BCUT2D eigenvalue weighted by Crippen LogP contribution is -2.64. The van der Waals surface area contributed by atoms with Crippen molar-refractivity contribution in [2.75, 3.05) is 46.1 Å². The summed E-state index contributed by atoms with van der Waals surface area (Å²) in [7, 11) is 0. The van der Waals surface area contributed by atoms with Gasteiger partial charge in [-0.15, -0.1) is 0 Å². The first-order valence-corrected chi connectivity index (χ1v) is 14.9. The molecule has 11 nitrogen and oxygen atoms in total. The molecule has 3 N–H and O–H groups in total. The van der Waals surface area contributed by atoms with Gasteiger partial charge in [0.05, 0.1) is 38.2 Å². The van der Waals surface area contributed by atoms with Gasteiger partial charge in [0.1, 0.15) is 6.61 Å². The number of aromatic carboxylic acids is 1. The summed E-state index contributed by atoms with van der Waals surface area (Å²) in [5.41, 5.74) is 2.79. The summed E-state index contributed by atoms with van der Waals surface area (Å²) in [6.07, 6.45) is 9.98. The Morgan fingerprint density at radius 3 is 2.38 bits per heavy atom. The van der Waals surface area contributed by atoms with E-state index in [9.17, 15) is 14.7 Å². The van der Waals surface area contributed by atoms with Crippen LogP contribution in [0.4, 0.5) is 0 Å². The molecule has 0 aromatic carbocycles.